The number of primary amides is 1. The number of nitrogens with one attached hydrogen (secondary N) is 1. The molecular weight excluding hydrogens is 368 g/mol. The highest BCUT2D eigenvalue weighted by molar-refractivity contribution is 5.79. The van der Waals surface area contributed by atoms with Gasteiger partial charge in [-0.25, -0.2) is 4.79 Å². The number of piperidine rings is 1. The largest absolute Gasteiger partial charge is 0.457 e. The summed E-state index contributed by atoms with van der Waals surface area (Å²) in [5, 5.41) is 2.69. The number of ether oxygens (including phenoxy) is 1. The van der Waals surface area contributed by atoms with E-state index in [0.717, 1.165) is 24.8 Å². The first kappa shape index (κ1) is 20.7. The zero-order valence-corrected chi connectivity index (χ0v) is 16.4. The molecule has 0 aliphatic carbocycles. The van der Waals surface area contributed by atoms with Gasteiger partial charge in [0.05, 0.1) is 12.5 Å². The predicted molar refractivity (Wildman–Crippen MR) is 111 cm³/mol. The molecule has 3 rings (SSSR count). The van der Waals surface area contributed by atoms with Crippen molar-refractivity contribution in [3.05, 3.63) is 60.2 Å². The molecule has 5 N–H and O–H groups in total. The van der Waals surface area contributed by atoms with Gasteiger partial charge in [-0.3, -0.25) is 4.79 Å². The first-order valence-electron chi connectivity index (χ1n) is 9.95. The zero-order chi connectivity index (χ0) is 20.6. The van der Waals surface area contributed by atoms with E-state index in [2.05, 4.69) is 5.32 Å². The highest BCUT2D eigenvalue weighted by atomic mass is 16.5. The maximum atomic E-state index is 13.0. The standard InChI is InChI=1S/C22H28N4O3/c23-15-17-8-4-5-12-26(17)21(27)14-20(25-22(24)28)16-7-6-11-19(13-16)29-18-9-2-1-3-10-18/h1-3,6-7,9-11,13,17,20H,4-5,8,12,14-15,23H2,(H3,24,25,28). The molecule has 2 aromatic carbocycles. The maximum absolute atomic E-state index is 13.0. The van der Waals surface area contributed by atoms with Gasteiger partial charge in [-0.05, 0) is 49.1 Å². The summed E-state index contributed by atoms with van der Waals surface area (Å²) in [6, 6.07) is 15.6. The fourth-order valence-electron chi connectivity index (χ4n) is 3.71. The molecule has 0 radical (unpaired) electrons. The average Bonchev–Trinajstić information content (AvgIpc) is 2.74. The van der Waals surface area contributed by atoms with Gasteiger partial charge in [0.15, 0.2) is 0 Å². The third-order valence-corrected chi connectivity index (χ3v) is 5.15. The van der Waals surface area contributed by atoms with Crippen LogP contribution in [0.5, 0.6) is 11.5 Å². The molecule has 0 bridgehead atoms. The van der Waals surface area contributed by atoms with Crippen molar-refractivity contribution in [3.63, 3.8) is 0 Å². The molecule has 0 aromatic heterocycles. The van der Waals surface area contributed by atoms with Crippen molar-refractivity contribution in [2.75, 3.05) is 13.1 Å². The highest BCUT2D eigenvalue weighted by Crippen LogP contribution is 2.27. The topological polar surface area (TPSA) is 111 Å². The molecule has 2 aromatic rings. The van der Waals surface area contributed by atoms with Gasteiger partial charge < -0.3 is 26.4 Å². The summed E-state index contributed by atoms with van der Waals surface area (Å²) in [6.07, 6.45) is 3.08. The van der Waals surface area contributed by atoms with Crippen LogP contribution in [0.25, 0.3) is 0 Å². The number of urea groups is 1. The molecular formula is C22H28N4O3. The van der Waals surface area contributed by atoms with Crippen LogP contribution in [-0.2, 0) is 4.79 Å². The van der Waals surface area contributed by atoms with Gasteiger partial charge in [-0.1, -0.05) is 30.3 Å². The second-order valence-corrected chi connectivity index (χ2v) is 7.23. The molecule has 154 valence electrons. The van der Waals surface area contributed by atoms with Crippen LogP contribution in [-0.4, -0.2) is 36.0 Å². The van der Waals surface area contributed by atoms with Crippen LogP contribution in [0.2, 0.25) is 0 Å². The number of hydrogen-bond donors (Lipinski definition) is 3. The molecule has 2 unspecified atom stereocenters. The van der Waals surface area contributed by atoms with E-state index in [9.17, 15) is 9.59 Å². The molecule has 0 saturated carbocycles. The van der Waals surface area contributed by atoms with Gasteiger partial charge in [-0.15, -0.1) is 0 Å². The van der Waals surface area contributed by atoms with Gasteiger partial charge in [-0.2, -0.15) is 0 Å². The van der Waals surface area contributed by atoms with Crippen molar-refractivity contribution in [2.24, 2.45) is 11.5 Å². The molecule has 1 aliphatic rings. The number of amides is 3. The molecule has 7 nitrogen and oxygen atoms in total. The lowest BCUT2D eigenvalue weighted by Gasteiger charge is -2.36. The number of rotatable bonds is 7. The Morgan fingerprint density at radius 1 is 1.10 bits per heavy atom. The molecule has 29 heavy (non-hydrogen) atoms. The number of para-hydroxylation sites is 1. The maximum Gasteiger partial charge on any atom is 0.312 e. The average molecular weight is 396 g/mol. The van der Waals surface area contributed by atoms with Crippen molar-refractivity contribution in [2.45, 2.75) is 37.8 Å². The van der Waals surface area contributed by atoms with E-state index < -0.39 is 12.1 Å². The minimum Gasteiger partial charge on any atom is -0.457 e. The predicted octanol–water partition coefficient (Wildman–Crippen LogP) is 2.92. The van der Waals surface area contributed by atoms with Gasteiger partial charge >= 0.3 is 6.03 Å². The van der Waals surface area contributed by atoms with E-state index in [1.807, 2.05) is 59.5 Å². The minimum atomic E-state index is -0.675. The molecule has 3 amide bonds. The summed E-state index contributed by atoms with van der Waals surface area (Å²) in [6.45, 7) is 1.14. The van der Waals surface area contributed by atoms with Crippen LogP contribution >= 0.6 is 0 Å². The van der Waals surface area contributed by atoms with E-state index in [0.29, 0.717) is 24.6 Å². The summed E-state index contributed by atoms with van der Waals surface area (Å²) in [7, 11) is 0. The van der Waals surface area contributed by atoms with E-state index in [1.165, 1.54) is 0 Å². The summed E-state index contributed by atoms with van der Waals surface area (Å²) in [5.41, 5.74) is 12.0. The van der Waals surface area contributed by atoms with E-state index in [-0.39, 0.29) is 18.4 Å². The number of likely N-dealkylation sites (tertiary alicyclic amines) is 1. The minimum absolute atomic E-state index is 0.0340. The Kier molecular flexibility index (Phi) is 7.08. The number of benzene rings is 2. The van der Waals surface area contributed by atoms with E-state index >= 15 is 0 Å². The van der Waals surface area contributed by atoms with Gasteiger partial charge in [0.1, 0.15) is 11.5 Å². The lowest BCUT2D eigenvalue weighted by molar-refractivity contribution is -0.135. The fourth-order valence-corrected chi connectivity index (χ4v) is 3.71. The molecule has 7 heteroatoms. The van der Waals surface area contributed by atoms with Crippen LogP contribution in [0.4, 0.5) is 4.79 Å². The van der Waals surface area contributed by atoms with Crippen LogP contribution in [0.1, 0.15) is 37.3 Å². The SMILES string of the molecule is NCC1CCCCN1C(=O)CC(NC(N)=O)c1cccc(Oc2ccccc2)c1. The second-order valence-electron chi connectivity index (χ2n) is 7.23. The summed E-state index contributed by atoms with van der Waals surface area (Å²) < 4.78 is 5.87. The highest BCUT2D eigenvalue weighted by Gasteiger charge is 2.28. The third kappa shape index (κ3) is 5.71. The number of carbonyl (C=O) groups is 2. The smallest absolute Gasteiger partial charge is 0.312 e. The number of nitrogens with two attached hydrogens (primary N) is 2. The Hall–Kier alpha value is -3.06. The Morgan fingerprint density at radius 2 is 1.86 bits per heavy atom. The molecule has 2 atom stereocenters. The third-order valence-electron chi connectivity index (χ3n) is 5.15. The number of nitrogens with zero attached hydrogens (tertiary/aromatic N) is 1. The van der Waals surface area contributed by atoms with Crippen LogP contribution in [0.3, 0.4) is 0 Å². The molecule has 1 heterocycles. The number of hydrogen-bond acceptors (Lipinski definition) is 4. The molecule has 1 aliphatic heterocycles. The first-order chi connectivity index (χ1) is 14.1. The lowest BCUT2D eigenvalue weighted by atomic mass is 9.98. The molecule has 1 fully saturated rings. The van der Waals surface area contributed by atoms with Crippen LogP contribution in [0, 0.1) is 0 Å². The van der Waals surface area contributed by atoms with Crippen molar-refractivity contribution < 1.29 is 14.3 Å². The number of carbonyl (C=O) groups excluding carboxylic acids is 2. The first-order valence-corrected chi connectivity index (χ1v) is 9.95. The Balaban J connectivity index is 1.76. The summed E-state index contributed by atoms with van der Waals surface area (Å²) in [5.74, 6) is 1.29. The van der Waals surface area contributed by atoms with Gasteiger partial charge in [0, 0.05) is 19.1 Å². The fraction of sp³-hybridized carbons (Fsp3) is 0.364. The van der Waals surface area contributed by atoms with Crippen molar-refractivity contribution >= 4 is 11.9 Å². The monoisotopic (exact) mass is 396 g/mol. The van der Waals surface area contributed by atoms with Crippen LogP contribution < -0.4 is 21.5 Å². The van der Waals surface area contributed by atoms with E-state index in [4.69, 9.17) is 16.2 Å². The van der Waals surface area contributed by atoms with Crippen molar-refractivity contribution in [1.82, 2.24) is 10.2 Å². The normalized spacial score (nSPS) is 17.4. The van der Waals surface area contributed by atoms with Crippen molar-refractivity contribution in [3.8, 4) is 11.5 Å². The van der Waals surface area contributed by atoms with E-state index in [1.54, 1.807) is 0 Å². The van der Waals surface area contributed by atoms with Gasteiger partial charge in [0.2, 0.25) is 5.91 Å². The van der Waals surface area contributed by atoms with Crippen LogP contribution in [0.15, 0.2) is 54.6 Å². The summed E-state index contributed by atoms with van der Waals surface area (Å²) >= 11 is 0. The molecule has 0 spiro atoms. The van der Waals surface area contributed by atoms with Gasteiger partial charge in [0.25, 0.3) is 0 Å². The zero-order valence-electron chi connectivity index (χ0n) is 16.4. The Bertz CT molecular complexity index is 828. The molecule has 1 saturated heterocycles. The summed E-state index contributed by atoms with van der Waals surface area (Å²) in [4.78, 5) is 26.4. The lowest BCUT2D eigenvalue weighted by Crippen LogP contribution is -2.48. The Morgan fingerprint density at radius 3 is 2.59 bits per heavy atom. The second kappa shape index (κ2) is 9.93. The van der Waals surface area contributed by atoms with Crippen molar-refractivity contribution in [1.29, 1.82) is 0 Å². The Labute approximate surface area is 171 Å². The quantitative estimate of drug-likeness (QED) is 0.668.